The minimum absolute atomic E-state index is 0.101. The van der Waals surface area contributed by atoms with Crippen LogP contribution in [0.4, 0.5) is 5.69 Å². The number of ether oxygens (including phenoxy) is 1. The highest BCUT2D eigenvalue weighted by atomic mass is 32.2. The maximum atomic E-state index is 12.6. The summed E-state index contributed by atoms with van der Waals surface area (Å²) in [6.07, 6.45) is 5.17. The molecule has 8 nitrogen and oxygen atoms in total. The Labute approximate surface area is 195 Å². The number of benzene rings is 2. The maximum Gasteiger partial charge on any atom is 0.255 e. The normalized spacial score (nSPS) is 11.2. The van der Waals surface area contributed by atoms with Gasteiger partial charge in [-0.3, -0.25) is 9.78 Å². The van der Waals surface area contributed by atoms with Gasteiger partial charge in [-0.15, -0.1) is 11.3 Å². The summed E-state index contributed by atoms with van der Waals surface area (Å²) in [6.45, 7) is 0.304. The Kier molecular flexibility index (Phi) is 7.08. The average Bonchev–Trinajstić information content (AvgIpc) is 3.33. The van der Waals surface area contributed by atoms with Crippen LogP contribution in [0.1, 0.15) is 15.2 Å². The molecule has 0 atom stereocenters. The quantitative estimate of drug-likeness (QED) is 0.373. The summed E-state index contributed by atoms with van der Waals surface area (Å²) in [6, 6.07) is 16.5. The molecule has 0 radical (unpaired) electrons. The number of nitrogens with one attached hydrogen (secondary N) is 2. The molecule has 2 aromatic heterocycles. The third kappa shape index (κ3) is 6.22. The first-order chi connectivity index (χ1) is 16.0. The molecule has 0 fully saturated rings. The molecule has 1 amide bonds. The summed E-state index contributed by atoms with van der Waals surface area (Å²) in [5.74, 6) is 0.450. The van der Waals surface area contributed by atoms with Crippen molar-refractivity contribution in [2.45, 2.75) is 11.3 Å². The lowest BCUT2D eigenvalue weighted by molar-refractivity contribution is 0.102. The van der Waals surface area contributed by atoms with Crippen molar-refractivity contribution < 1.29 is 17.9 Å². The SMILES string of the molecule is O=C(Nc1cccc(Oc2cnccn2)c1)c1ccc(S(=O)(=O)NCCc2cccs2)cc1. The molecule has 33 heavy (non-hydrogen) atoms. The zero-order valence-corrected chi connectivity index (χ0v) is 19.0. The molecular weight excluding hydrogens is 460 g/mol. The van der Waals surface area contributed by atoms with Crippen LogP contribution in [0.2, 0.25) is 0 Å². The van der Waals surface area contributed by atoms with Crippen LogP contribution in [0, 0.1) is 0 Å². The van der Waals surface area contributed by atoms with Crippen molar-refractivity contribution in [2.75, 3.05) is 11.9 Å². The number of hydrogen-bond acceptors (Lipinski definition) is 7. The summed E-state index contributed by atoms with van der Waals surface area (Å²) in [4.78, 5) is 21.8. The number of amides is 1. The van der Waals surface area contributed by atoms with Crippen molar-refractivity contribution in [3.05, 3.63) is 95.1 Å². The molecule has 2 N–H and O–H groups in total. The molecule has 0 saturated carbocycles. The molecule has 0 unspecified atom stereocenters. The van der Waals surface area contributed by atoms with Crippen molar-refractivity contribution in [3.8, 4) is 11.6 Å². The van der Waals surface area contributed by atoms with E-state index in [1.54, 1.807) is 41.8 Å². The minimum atomic E-state index is -3.65. The lowest BCUT2D eigenvalue weighted by atomic mass is 10.2. The zero-order valence-electron chi connectivity index (χ0n) is 17.3. The molecule has 2 aromatic carbocycles. The molecular formula is C23H20N4O4S2. The van der Waals surface area contributed by atoms with Crippen molar-refractivity contribution in [1.82, 2.24) is 14.7 Å². The van der Waals surface area contributed by atoms with E-state index >= 15 is 0 Å². The van der Waals surface area contributed by atoms with Gasteiger partial charge < -0.3 is 10.1 Å². The lowest BCUT2D eigenvalue weighted by Gasteiger charge is -2.09. The van der Waals surface area contributed by atoms with Crippen LogP contribution in [0.5, 0.6) is 11.6 Å². The number of sulfonamides is 1. The van der Waals surface area contributed by atoms with E-state index in [2.05, 4.69) is 20.0 Å². The Morgan fingerprint density at radius 3 is 2.61 bits per heavy atom. The van der Waals surface area contributed by atoms with Crippen molar-refractivity contribution in [2.24, 2.45) is 0 Å². The molecule has 0 spiro atoms. The minimum Gasteiger partial charge on any atom is -0.437 e. The third-order valence-electron chi connectivity index (χ3n) is 4.52. The van der Waals surface area contributed by atoms with Gasteiger partial charge in [-0.2, -0.15) is 0 Å². The smallest absolute Gasteiger partial charge is 0.255 e. The summed E-state index contributed by atoms with van der Waals surface area (Å²) in [5.41, 5.74) is 0.848. The molecule has 10 heteroatoms. The summed E-state index contributed by atoms with van der Waals surface area (Å²) in [5, 5.41) is 4.73. The fourth-order valence-corrected chi connectivity index (χ4v) is 4.67. The van der Waals surface area contributed by atoms with Crippen LogP contribution < -0.4 is 14.8 Å². The van der Waals surface area contributed by atoms with E-state index in [1.807, 2.05) is 17.5 Å². The van der Waals surface area contributed by atoms with Gasteiger partial charge in [-0.25, -0.2) is 18.1 Å². The van der Waals surface area contributed by atoms with Crippen molar-refractivity contribution in [1.29, 1.82) is 0 Å². The second kappa shape index (κ2) is 10.3. The topological polar surface area (TPSA) is 110 Å². The largest absolute Gasteiger partial charge is 0.437 e. The molecule has 0 aliphatic carbocycles. The van der Waals surface area contributed by atoms with E-state index in [0.29, 0.717) is 35.8 Å². The number of aromatic nitrogens is 2. The van der Waals surface area contributed by atoms with Crippen molar-refractivity contribution in [3.63, 3.8) is 0 Å². The van der Waals surface area contributed by atoms with Gasteiger partial charge in [0, 0.05) is 41.1 Å². The van der Waals surface area contributed by atoms with E-state index in [1.165, 1.54) is 36.7 Å². The fraction of sp³-hybridized carbons (Fsp3) is 0.0870. The van der Waals surface area contributed by atoms with Crippen LogP contribution >= 0.6 is 11.3 Å². The van der Waals surface area contributed by atoms with Gasteiger partial charge in [0.2, 0.25) is 15.9 Å². The predicted octanol–water partition coefficient (Wildman–Crippen LogP) is 4.10. The molecule has 0 bridgehead atoms. The highest BCUT2D eigenvalue weighted by molar-refractivity contribution is 7.89. The first-order valence-corrected chi connectivity index (χ1v) is 12.3. The van der Waals surface area contributed by atoms with E-state index in [0.717, 1.165) is 4.88 Å². The summed E-state index contributed by atoms with van der Waals surface area (Å²) < 4.78 is 33.2. The van der Waals surface area contributed by atoms with Crippen LogP contribution in [0.25, 0.3) is 0 Å². The third-order valence-corrected chi connectivity index (χ3v) is 6.94. The first-order valence-electron chi connectivity index (χ1n) is 9.97. The van der Waals surface area contributed by atoms with E-state index in [9.17, 15) is 13.2 Å². The Hall–Kier alpha value is -3.60. The Morgan fingerprint density at radius 1 is 1.03 bits per heavy atom. The molecule has 0 aliphatic rings. The standard InChI is InChI=1S/C23H20N4O4S2/c28-23(27-18-3-1-4-19(15-18)31-22-16-24-12-13-25-22)17-6-8-21(9-7-17)33(29,30)26-11-10-20-5-2-14-32-20/h1-9,12-16,26H,10-11H2,(H,27,28). The summed E-state index contributed by atoms with van der Waals surface area (Å²) in [7, 11) is -3.65. The van der Waals surface area contributed by atoms with E-state index < -0.39 is 10.0 Å². The molecule has 168 valence electrons. The van der Waals surface area contributed by atoms with Gasteiger partial charge in [-0.1, -0.05) is 12.1 Å². The second-order valence-corrected chi connectivity index (χ2v) is 9.68. The van der Waals surface area contributed by atoms with Gasteiger partial charge in [0.05, 0.1) is 11.1 Å². The number of nitrogens with zero attached hydrogens (tertiary/aromatic N) is 2. The Morgan fingerprint density at radius 2 is 1.88 bits per heavy atom. The molecule has 0 saturated heterocycles. The maximum absolute atomic E-state index is 12.6. The molecule has 4 aromatic rings. The van der Waals surface area contributed by atoms with Gasteiger partial charge in [-0.05, 0) is 54.3 Å². The average molecular weight is 481 g/mol. The van der Waals surface area contributed by atoms with Crippen LogP contribution in [0.3, 0.4) is 0 Å². The second-order valence-electron chi connectivity index (χ2n) is 6.88. The van der Waals surface area contributed by atoms with Gasteiger partial charge in [0.1, 0.15) is 5.75 Å². The molecule has 2 heterocycles. The highest BCUT2D eigenvalue weighted by Crippen LogP contribution is 2.22. The van der Waals surface area contributed by atoms with E-state index in [4.69, 9.17) is 4.74 Å². The number of hydrogen-bond donors (Lipinski definition) is 2. The van der Waals surface area contributed by atoms with Gasteiger partial charge >= 0.3 is 0 Å². The molecule has 0 aliphatic heterocycles. The Bertz CT molecular complexity index is 1310. The first kappa shape index (κ1) is 22.6. The number of rotatable bonds is 9. The lowest BCUT2D eigenvalue weighted by Crippen LogP contribution is -2.26. The number of carbonyl (C=O) groups is 1. The fourth-order valence-electron chi connectivity index (χ4n) is 2.93. The predicted molar refractivity (Wildman–Crippen MR) is 126 cm³/mol. The van der Waals surface area contributed by atoms with E-state index in [-0.39, 0.29) is 10.8 Å². The number of thiophene rings is 1. The highest BCUT2D eigenvalue weighted by Gasteiger charge is 2.15. The Balaban J connectivity index is 1.36. The summed E-state index contributed by atoms with van der Waals surface area (Å²) >= 11 is 1.58. The van der Waals surface area contributed by atoms with Gasteiger partial charge in [0.15, 0.2) is 0 Å². The van der Waals surface area contributed by atoms with Crippen LogP contribution in [-0.2, 0) is 16.4 Å². The molecule has 4 rings (SSSR count). The zero-order chi connectivity index (χ0) is 23.1. The monoisotopic (exact) mass is 480 g/mol. The van der Waals surface area contributed by atoms with Crippen LogP contribution in [0.15, 0.2) is 89.5 Å². The van der Waals surface area contributed by atoms with Gasteiger partial charge in [0.25, 0.3) is 5.91 Å². The van der Waals surface area contributed by atoms with Crippen molar-refractivity contribution >= 4 is 33.0 Å². The number of carbonyl (C=O) groups excluding carboxylic acids is 1. The van der Waals surface area contributed by atoms with Crippen LogP contribution in [-0.4, -0.2) is 30.8 Å². The number of anilines is 1.